The summed E-state index contributed by atoms with van der Waals surface area (Å²) in [5.74, 6) is -0.145. The van der Waals surface area contributed by atoms with E-state index in [0.717, 1.165) is 16.4 Å². The summed E-state index contributed by atoms with van der Waals surface area (Å²) in [6.45, 7) is 6.31. The van der Waals surface area contributed by atoms with E-state index in [4.69, 9.17) is 4.74 Å². The highest BCUT2D eigenvalue weighted by molar-refractivity contribution is 7.89. The molecule has 0 aromatic heterocycles. The Morgan fingerprint density at radius 2 is 1.83 bits per heavy atom. The molecule has 0 saturated heterocycles. The molecular weight excluding hydrogens is 402 g/mol. The summed E-state index contributed by atoms with van der Waals surface area (Å²) >= 11 is 0. The number of nitrogens with one attached hydrogen (secondary N) is 1. The van der Waals surface area contributed by atoms with E-state index >= 15 is 0 Å². The minimum Gasteiger partial charge on any atom is -0.444 e. The third-order valence-electron chi connectivity index (χ3n) is 3.74. The summed E-state index contributed by atoms with van der Waals surface area (Å²) in [6, 6.07) is 4.99. The second-order valence-electron chi connectivity index (χ2n) is 7.20. The van der Waals surface area contributed by atoms with Gasteiger partial charge in [-0.1, -0.05) is 19.1 Å². The van der Waals surface area contributed by atoms with Crippen LogP contribution in [0.3, 0.4) is 0 Å². The van der Waals surface area contributed by atoms with Crippen LogP contribution in [0.1, 0.15) is 40.5 Å². The normalized spacial score (nSPS) is 11.9. The fourth-order valence-corrected chi connectivity index (χ4v) is 3.94. The van der Waals surface area contributed by atoms with Crippen molar-refractivity contribution in [2.45, 2.75) is 51.0 Å². The Kier molecular flexibility index (Phi) is 8.71. The molecule has 29 heavy (non-hydrogen) atoms. The molecule has 0 aliphatic rings. The number of ketones is 1. The fraction of sp³-hybridized carbons (Fsp3) is 0.556. The number of ether oxygens (including phenoxy) is 1. The van der Waals surface area contributed by atoms with Gasteiger partial charge in [0.2, 0.25) is 10.0 Å². The molecule has 1 aromatic rings. The number of nitro groups is 1. The summed E-state index contributed by atoms with van der Waals surface area (Å²) in [5.41, 5.74) is -1.27. The van der Waals surface area contributed by atoms with E-state index in [1.54, 1.807) is 27.7 Å². The van der Waals surface area contributed by atoms with Crippen LogP contribution in [0.15, 0.2) is 29.2 Å². The molecule has 1 aromatic carbocycles. The average Bonchev–Trinajstić information content (AvgIpc) is 2.62. The van der Waals surface area contributed by atoms with Crippen molar-refractivity contribution < 1.29 is 27.7 Å². The minimum atomic E-state index is -4.27. The van der Waals surface area contributed by atoms with E-state index in [9.17, 15) is 28.1 Å². The maximum absolute atomic E-state index is 13.0. The van der Waals surface area contributed by atoms with Gasteiger partial charge in [-0.05, 0) is 26.8 Å². The highest BCUT2D eigenvalue weighted by Gasteiger charge is 2.31. The number of amides is 1. The van der Waals surface area contributed by atoms with E-state index in [-0.39, 0.29) is 38.3 Å². The molecule has 1 rings (SSSR count). The van der Waals surface area contributed by atoms with Gasteiger partial charge in [-0.3, -0.25) is 14.9 Å². The number of rotatable bonds is 10. The third kappa shape index (κ3) is 7.78. The van der Waals surface area contributed by atoms with Crippen LogP contribution in [0.2, 0.25) is 0 Å². The Hall–Kier alpha value is -2.53. The first-order valence-corrected chi connectivity index (χ1v) is 10.5. The molecule has 0 aliphatic carbocycles. The van der Waals surface area contributed by atoms with Crippen molar-refractivity contribution in [3.63, 3.8) is 0 Å². The van der Waals surface area contributed by atoms with Gasteiger partial charge < -0.3 is 10.1 Å². The Morgan fingerprint density at radius 1 is 1.21 bits per heavy atom. The lowest BCUT2D eigenvalue weighted by Crippen LogP contribution is -2.41. The third-order valence-corrected chi connectivity index (χ3v) is 5.69. The number of alkyl carbamates (subject to hydrolysis) is 1. The number of sulfonamides is 1. The zero-order chi connectivity index (χ0) is 22.2. The zero-order valence-corrected chi connectivity index (χ0v) is 17.8. The van der Waals surface area contributed by atoms with Gasteiger partial charge in [-0.25, -0.2) is 13.2 Å². The van der Waals surface area contributed by atoms with Gasteiger partial charge in [0.25, 0.3) is 5.69 Å². The number of nitrogens with zero attached hydrogens (tertiary/aromatic N) is 2. The van der Waals surface area contributed by atoms with Gasteiger partial charge >= 0.3 is 6.09 Å². The minimum absolute atomic E-state index is 0.0389. The topological polar surface area (TPSA) is 136 Å². The first-order chi connectivity index (χ1) is 13.4. The van der Waals surface area contributed by atoms with Crippen LogP contribution in [0.25, 0.3) is 0 Å². The van der Waals surface area contributed by atoms with Crippen LogP contribution >= 0.6 is 0 Å². The zero-order valence-electron chi connectivity index (χ0n) is 17.0. The molecule has 0 bridgehead atoms. The van der Waals surface area contributed by atoms with Gasteiger partial charge in [-0.15, -0.1) is 0 Å². The van der Waals surface area contributed by atoms with E-state index < -0.39 is 37.2 Å². The monoisotopic (exact) mass is 429 g/mol. The summed E-state index contributed by atoms with van der Waals surface area (Å²) in [4.78, 5) is 33.4. The Morgan fingerprint density at radius 3 is 2.38 bits per heavy atom. The van der Waals surface area contributed by atoms with Crippen LogP contribution < -0.4 is 5.32 Å². The SMILES string of the molecule is CCC(=O)CCN(CCNC(=O)OC(C)(C)C)S(=O)(=O)c1ccccc1[N+](=O)[O-]. The fourth-order valence-electron chi connectivity index (χ4n) is 2.34. The van der Waals surface area contributed by atoms with E-state index in [2.05, 4.69) is 5.32 Å². The molecule has 0 fully saturated rings. The van der Waals surface area contributed by atoms with Crippen LogP contribution in [0.5, 0.6) is 0 Å². The molecule has 0 aliphatic heterocycles. The lowest BCUT2D eigenvalue weighted by atomic mass is 10.2. The van der Waals surface area contributed by atoms with Crippen molar-refractivity contribution in [1.29, 1.82) is 0 Å². The van der Waals surface area contributed by atoms with Gasteiger partial charge in [0.15, 0.2) is 4.90 Å². The quantitative estimate of drug-likeness (QED) is 0.446. The number of hydrogen-bond acceptors (Lipinski definition) is 7. The summed E-state index contributed by atoms with van der Waals surface area (Å²) < 4.78 is 32.1. The second kappa shape index (κ2) is 10.3. The van der Waals surface area contributed by atoms with E-state index in [1.165, 1.54) is 12.1 Å². The average molecular weight is 429 g/mol. The van der Waals surface area contributed by atoms with Crippen molar-refractivity contribution in [2.24, 2.45) is 0 Å². The predicted octanol–water partition coefficient (Wildman–Crippen LogP) is 2.48. The molecule has 0 atom stereocenters. The molecule has 10 nitrogen and oxygen atoms in total. The number of para-hydroxylation sites is 1. The molecule has 1 amide bonds. The molecule has 11 heteroatoms. The van der Waals surface area contributed by atoms with Gasteiger partial charge in [0.1, 0.15) is 11.4 Å². The maximum Gasteiger partial charge on any atom is 0.407 e. The molecule has 0 spiro atoms. The van der Waals surface area contributed by atoms with Crippen LogP contribution in [-0.4, -0.2) is 54.8 Å². The van der Waals surface area contributed by atoms with E-state index in [1.807, 2.05) is 0 Å². The van der Waals surface area contributed by atoms with Crippen LogP contribution in [0, 0.1) is 10.1 Å². The molecule has 0 saturated carbocycles. The standard InChI is InChI=1S/C18H27N3O7S/c1-5-14(22)10-12-20(13-11-19-17(23)28-18(2,3)4)29(26,27)16-9-7-6-8-15(16)21(24)25/h6-9H,5,10-13H2,1-4H3,(H,19,23). The smallest absolute Gasteiger partial charge is 0.407 e. The Bertz CT molecular complexity index is 847. The van der Waals surface area contributed by atoms with Crippen molar-refractivity contribution in [3.8, 4) is 0 Å². The number of Topliss-reactive ketones (excluding diaryl/α,β-unsaturated/α-hetero) is 1. The summed E-state index contributed by atoms with van der Waals surface area (Å²) in [5, 5.41) is 13.7. The first-order valence-electron chi connectivity index (χ1n) is 9.10. The molecule has 0 unspecified atom stereocenters. The van der Waals surface area contributed by atoms with Crippen molar-refractivity contribution in [2.75, 3.05) is 19.6 Å². The molecule has 0 heterocycles. The lowest BCUT2D eigenvalue weighted by Gasteiger charge is -2.23. The molecule has 162 valence electrons. The van der Waals surface area contributed by atoms with E-state index in [0.29, 0.717) is 0 Å². The van der Waals surface area contributed by atoms with Crippen LogP contribution in [-0.2, 0) is 19.6 Å². The van der Waals surface area contributed by atoms with Gasteiger partial charge in [0, 0.05) is 38.5 Å². The Balaban J connectivity index is 3.04. The van der Waals surface area contributed by atoms with Crippen molar-refractivity contribution in [1.82, 2.24) is 9.62 Å². The molecule has 1 N–H and O–H groups in total. The van der Waals surface area contributed by atoms with Crippen molar-refractivity contribution >= 4 is 27.6 Å². The highest BCUT2D eigenvalue weighted by atomic mass is 32.2. The van der Waals surface area contributed by atoms with Gasteiger partial charge in [0.05, 0.1) is 4.92 Å². The highest BCUT2D eigenvalue weighted by Crippen LogP contribution is 2.26. The summed E-state index contributed by atoms with van der Waals surface area (Å²) in [7, 11) is -4.27. The Labute approximate surface area is 170 Å². The first kappa shape index (κ1) is 24.5. The molecule has 0 radical (unpaired) electrons. The van der Waals surface area contributed by atoms with Gasteiger partial charge in [-0.2, -0.15) is 4.31 Å². The lowest BCUT2D eigenvalue weighted by molar-refractivity contribution is -0.387. The van der Waals surface area contributed by atoms with Crippen molar-refractivity contribution in [3.05, 3.63) is 34.4 Å². The maximum atomic E-state index is 13.0. The number of nitro benzene ring substituents is 1. The molecular formula is C18H27N3O7S. The number of hydrogen-bond donors (Lipinski definition) is 1. The van der Waals surface area contributed by atoms with Crippen LogP contribution in [0.4, 0.5) is 10.5 Å². The largest absolute Gasteiger partial charge is 0.444 e. The number of carbonyl (C=O) groups excluding carboxylic acids is 2. The number of benzene rings is 1. The predicted molar refractivity (Wildman–Crippen MR) is 106 cm³/mol. The second-order valence-corrected chi connectivity index (χ2v) is 9.11. The summed E-state index contributed by atoms with van der Waals surface area (Å²) in [6.07, 6.45) is -0.511. The number of carbonyl (C=O) groups is 2.